The van der Waals surface area contributed by atoms with Gasteiger partial charge in [-0.15, -0.1) is 11.3 Å². The minimum absolute atomic E-state index is 0.334. The average molecular weight is 443 g/mol. The lowest BCUT2D eigenvalue weighted by Crippen LogP contribution is -2.37. The number of nitrogens with zero attached hydrogens (tertiary/aromatic N) is 2. The summed E-state index contributed by atoms with van der Waals surface area (Å²) in [6, 6.07) is 17.8. The molecule has 2 amide bonds. The summed E-state index contributed by atoms with van der Waals surface area (Å²) in [5, 5.41) is 4.01. The quantitative estimate of drug-likeness (QED) is 0.333. The van der Waals surface area contributed by atoms with Gasteiger partial charge in [0, 0.05) is 15.6 Å². The molecule has 0 bridgehead atoms. The molecule has 0 atom stereocenters. The third-order valence-corrected chi connectivity index (χ3v) is 6.02. The first-order chi connectivity index (χ1) is 14.0. The number of aromatic nitrogens is 2. The van der Waals surface area contributed by atoms with Crippen LogP contribution in [0.4, 0.5) is 10.5 Å². The summed E-state index contributed by atoms with van der Waals surface area (Å²) in [6.07, 6.45) is 1.80. The number of amides is 2. The number of halogens is 1. The molecule has 0 aliphatic carbocycles. The summed E-state index contributed by atoms with van der Waals surface area (Å²) in [4.78, 5) is 31.6. The molecular weight excluding hydrogens is 428 g/mol. The number of rotatable bonds is 4. The highest BCUT2D eigenvalue weighted by Crippen LogP contribution is 2.31. The number of carbonyl (C=O) groups excluding carboxylic acids is 1. The van der Waals surface area contributed by atoms with Gasteiger partial charge in [0.2, 0.25) is 0 Å². The second kappa shape index (κ2) is 8.28. The van der Waals surface area contributed by atoms with Gasteiger partial charge in [0.05, 0.1) is 5.39 Å². The summed E-state index contributed by atoms with van der Waals surface area (Å²) in [6.45, 7) is 0. The molecule has 29 heavy (non-hydrogen) atoms. The molecule has 2 aromatic heterocycles. The number of nitrogens with one attached hydrogen (secondary N) is 2. The lowest BCUT2D eigenvalue weighted by Gasteiger charge is -2.12. The minimum Gasteiger partial charge on any atom is -0.307 e. The van der Waals surface area contributed by atoms with Crippen molar-refractivity contribution >= 4 is 56.6 Å². The van der Waals surface area contributed by atoms with Crippen LogP contribution in [0, 0.1) is 0 Å². The van der Waals surface area contributed by atoms with E-state index in [1.165, 1.54) is 23.1 Å². The van der Waals surface area contributed by atoms with E-state index in [1.54, 1.807) is 30.5 Å². The molecule has 2 N–H and O–H groups in total. The second-order valence-corrected chi connectivity index (χ2v) is 8.25. The molecule has 0 saturated heterocycles. The first-order valence-corrected chi connectivity index (χ1v) is 11.0. The number of thioether (sulfide) groups is 1. The molecule has 4 rings (SSSR count). The van der Waals surface area contributed by atoms with Gasteiger partial charge in [0.1, 0.15) is 4.83 Å². The van der Waals surface area contributed by atoms with Gasteiger partial charge in [-0.2, -0.15) is 4.68 Å². The molecule has 9 heteroatoms. The normalized spacial score (nSPS) is 10.8. The Morgan fingerprint density at radius 2 is 1.93 bits per heavy atom. The first kappa shape index (κ1) is 19.5. The third kappa shape index (κ3) is 4.14. The fraction of sp³-hybridized carbons (Fsp3) is 0.0500. The van der Waals surface area contributed by atoms with Gasteiger partial charge in [-0.1, -0.05) is 59.8 Å². The van der Waals surface area contributed by atoms with Crippen LogP contribution in [0.3, 0.4) is 0 Å². The molecule has 0 saturated carbocycles. The molecule has 2 heterocycles. The van der Waals surface area contributed by atoms with Crippen molar-refractivity contribution in [2.24, 2.45) is 0 Å². The van der Waals surface area contributed by atoms with Crippen LogP contribution < -0.4 is 16.3 Å². The van der Waals surface area contributed by atoms with Gasteiger partial charge < -0.3 is 5.32 Å². The van der Waals surface area contributed by atoms with Crippen LogP contribution in [-0.2, 0) is 0 Å². The predicted molar refractivity (Wildman–Crippen MR) is 121 cm³/mol. The van der Waals surface area contributed by atoms with E-state index in [2.05, 4.69) is 15.7 Å². The molecule has 0 fully saturated rings. The van der Waals surface area contributed by atoms with Crippen LogP contribution in [0.15, 0.2) is 70.6 Å². The molecule has 0 aliphatic heterocycles. The van der Waals surface area contributed by atoms with Crippen molar-refractivity contribution < 1.29 is 4.79 Å². The summed E-state index contributed by atoms with van der Waals surface area (Å²) in [5.41, 5.74) is 3.77. The van der Waals surface area contributed by atoms with Crippen LogP contribution in [0.5, 0.6) is 0 Å². The minimum atomic E-state index is -0.565. The zero-order valence-electron chi connectivity index (χ0n) is 15.2. The fourth-order valence-electron chi connectivity index (χ4n) is 2.77. The molecular formula is C20H15ClN4O2S2. The van der Waals surface area contributed by atoms with E-state index in [-0.39, 0.29) is 5.56 Å². The number of fused-ring (bicyclic) bond motifs is 1. The summed E-state index contributed by atoms with van der Waals surface area (Å²) >= 11 is 8.66. The van der Waals surface area contributed by atoms with Crippen molar-refractivity contribution in [3.8, 4) is 10.4 Å². The number of urea groups is 1. The van der Waals surface area contributed by atoms with Crippen molar-refractivity contribution in [1.82, 2.24) is 9.66 Å². The summed E-state index contributed by atoms with van der Waals surface area (Å²) in [5.74, 6) is 0. The fourth-order valence-corrected chi connectivity index (χ4v) is 4.54. The van der Waals surface area contributed by atoms with Crippen molar-refractivity contribution in [2.45, 2.75) is 5.16 Å². The predicted octanol–water partition coefficient (Wildman–Crippen LogP) is 5.28. The number of carbonyl (C=O) groups is 1. The van der Waals surface area contributed by atoms with E-state index in [0.29, 0.717) is 26.1 Å². The molecule has 0 radical (unpaired) electrons. The van der Waals surface area contributed by atoms with Gasteiger partial charge in [-0.05, 0) is 36.1 Å². The second-order valence-electron chi connectivity index (χ2n) is 6.01. The van der Waals surface area contributed by atoms with Gasteiger partial charge >= 0.3 is 6.03 Å². The molecule has 0 spiro atoms. The van der Waals surface area contributed by atoms with Crippen molar-refractivity contribution in [3.05, 3.63) is 76.0 Å². The Morgan fingerprint density at radius 3 is 2.66 bits per heavy atom. The van der Waals surface area contributed by atoms with Gasteiger partial charge in [-0.25, -0.2) is 15.2 Å². The lowest BCUT2D eigenvalue weighted by molar-refractivity contribution is 0.259. The molecule has 146 valence electrons. The highest BCUT2D eigenvalue weighted by molar-refractivity contribution is 7.98. The van der Waals surface area contributed by atoms with Gasteiger partial charge in [0.15, 0.2) is 5.16 Å². The first-order valence-electron chi connectivity index (χ1n) is 8.55. The number of thiophene rings is 1. The number of hydrogen-bond acceptors (Lipinski definition) is 5. The number of benzene rings is 2. The zero-order valence-corrected chi connectivity index (χ0v) is 17.6. The Morgan fingerprint density at radius 1 is 1.14 bits per heavy atom. The molecule has 0 aliphatic rings. The average Bonchev–Trinajstić information content (AvgIpc) is 3.15. The largest absolute Gasteiger partial charge is 0.338 e. The van der Waals surface area contributed by atoms with E-state index >= 15 is 0 Å². The SMILES string of the molecule is CSc1nc2sc(-c3ccccc3)cc2c(=O)n1NC(=O)Nc1cccc(Cl)c1. The monoisotopic (exact) mass is 442 g/mol. The van der Waals surface area contributed by atoms with Crippen LogP contribution in [-0.4, -0.2) is 21.9 Å². The maximum atomic E-state index is 13.0. The standard InChI is InChI=1S/C20H15ClN4O2S2/c1-28-20-23-17-15(11-16(29-17)12-6-3-2-4-7-12)18(26)25(20)24-19(27)22-14-9-5-8-13(21)10-14/h2-11H,1H3,(H2,22,24,27). The Kier molecular flexibility index (Phi) is 5.57. The number of anilines is 1. The topological polar surface area (TPSA) is 76.0 Å². The van der Waals surface area contributed by atoms with Crippen LogP contribution in [0.2, 0.25) is 5.02 Å². The van der Waals surface area contributed by atoms with E-state index in [0.717, 1.165) is 15.1 Å². The highest BCUT2D eigenvalue weighted by Gasteiger charge is 2.16. The Bertz CT molecular complexity index is 1250. The van der Waals surface area contributed by atoms with Crippen LogP contribution in [0.25, 0.3) is 20.7 Å². The lowest BCUT2D eigenvalue weighted by atomic mass is 10.2. The van der Waals surface area contributed by atoms with Crippen LogP contribution in [0.1, 0.15) is 0 Å². The number of hydrogen-bond donors (Lipinski definition) is 2. The third-order valence-electron chi connectivity index (χ3n) is 4.07. The van der Waals surface area contributed by atoms with E-state index < -0.39 is 6.03 Å². The van der Waals surface area contributed by atoms with Gasteiger partial charge in [0.25, 0.3) is 5.56 Å². The summed E-state index contributed by atoms with van der Waals surface area (Å²) in [7, 11) is 0. The van der Waals surface area contributed by atoms with Crippen molar-refractivity contribution in [3.63, 3.8) is 0 Å². The van der Waals surface area contributed by atoms with E-state index in [1.807, 2.05) is 36.4 Å². The Labute approximate surface area is 179 Å². The van der Waals surface area contributed by atoms with Crippen LogP contribution >= 0.6 is 34.7 Å². The maximum absolute atomic E-state index is 13.0. The highest BCUT2D eigenvalue weighted by atomic mass is 35.5. The van der Waals surface area contributed by atoms with Crippen molar-refractivity contribution in [2.75, 3.05) is 17.0 Å². The van der Waals surface area contributed by atoms with E-state index in [9.17, 15) is 9.59 Å². The zero-order chi connectivity index (χ0) is 20.4. The molecule has 2 aromatic carbocycles. The van der Waals surface area contributed by atoms with E-state index in [4.69, 9.17) is 11.6 Å². The molecule has 4 aromatic rings. The Hall–Kier alpha value is -2.81. The maximum Gasteiger partial charge on any atom is 0.338 e. The molecule has 6 nitrogen and oxygen atoms in total. The van der Waals surface area contributed by atoms with Crippen molar-refractivity contribution in [1.29, 1.82) is 0 Å². The van der Waals surface area contributed by atoms with Gasteiger partial charge in [-0.3, -0.25) is 4.79 Å². The summed E-state index contributed by atoms with van der Waals surface area (Å²) < 4.78 is 1.16. The Balaban J connectivity index is 1.69. The smallest absolute Gasteiger partial charge is 0.307 e. The molecule has 0 unspecified atom stereocenters.